The molecule has 0 saturated heterocycles. The highest BCUT2D eigenvalue weighted by molar-refractivity contribution is 6.35. The van der Waals surface area contributed by atoms with E-state index >= 15 is 0 Å². The third kappa shape index (κ3) is 3.55. The molecule has 1 aromatic heterocycles. The van der Waals surface area contributed by atoms with Gasteiger partial charge in [-0.05, 0) is 43.7 Å². The zero-order valence-corrected chi connectivity index (χ0v) is 12.2. The Kier molecular flexibility index (Phi) is 4.23. The minimum Gasteiger partial charge on any atom is -0.294 e. The molecule has 0 spiro atoms. The third-order valence-electron chi connectivity index (χ3n) is 2.77. The van der Waals surface area contributed by atoms with Crippen molar-refractivity contribution in [2.45, 2.75) is 20.3 Å². The van der Waals surface area contributed by atoms with Crippen molar-refractivity contribution in [2.75, 3.05) is 0 Å². The Labute approximate surface area is 122 Å². The van der Waals surface area contributed by atoms with Crippen LogP contribution in [0.1, 0.15) is 27.3 Å². The monoisotopic (exact) mass is 293 g/mol. The highest BCUT2D eigenvalue weighted by atomic mass is 35.5. The predicted octanol–water partition coefficient (Wildman–Crippen LogP) is 4.43. The van der Waals surface area contributed by atoms with Crippen molar-refractivity contribution in [1.29, 1.82) is 0 Å². The van der Waals surface area contributed by atoms with Crippen molar-refractivity contribution < 1.29 is 4.79 Å². The molecule has 0 atom stereocenters. The molecule has 0 radical (unpaired) electrons. The van der Waals surface area contributed by atoms with Gasteiger partial charge in [0.1, 0.15) is 0 Å². The number of carbonyl (C=O) groups is 1. The topological polar surface area (TPSA) is 30.0 Å². The van der Waals surface area contributed by atoms with E-state index in [2.05, 4.69) is 4.98 Å². The maximum atomic E-state index is 12.2. The molecule has 98 valence electrons. The molecule has 0 bridgehead atoms. The van der Waals surface area contributed by atoms with Crippen LogP contribution in [0.2, 0.25) is 10.0 Å². The van der Waals surface area contributed by atoms with Crippen molar-refractivity contribution in [2.24, 2.45) is 0 Å². The normalized spacial score (nSPS) is 10.5. The molecule has 0 fully saturated rings. The van der Waals surface area contributed by atoms with E-state index in [-0.39, 0.29) is 12.2 Å². The molecule has 2 rings (SSSR count). The second-order valence-corrected chi connectivity index (χ2v) is 5.32. The van der Waals surface area contributed by atoms with Gasteiger partial charge in [-0.1, -0.05) is 29.3 Å². The summed E-state index contributed by atoms with van der Waals surface area (Å²) in [7, 11) is 0. The van der Waals surface area contributed by atoms with Crippen molar-refractivity contribution in [3.8, 4) is 0 Å². The molecule has 2 nitrogen and oxygen atoms in total. The standard InChI is InChI=1S/C15H13Cl2NO/c1-9-5-12(6-10(2)18-9)15(19)7-11-3-4-13(16)8-14(11)17/h3-6,8H,7H2,1-2H3. The van der Waals surface area contributed by atoms with Crippen molar-refractivity contribution in [3.05, 3.63) is 62.9 Å². The van der Waals surface area contributed by atoms with E-state index in [4.69, 9.17) is 23.2 Å². The van der Waals surface area contributed by atoms with Gasteiger partial charge in [-0.25, -0.2) is 0 Å². The summed E-state index contributed by atoms with van der Waals surface area (Å²) < 4.78 is 0. The van der Waals surface area contributed by atoms with Gasteiger partial charge in [0.25, 0.3) is 0 Å². The van der Waals surface area contributed by atoms with E-state index in [1.165, 1.54) is 0 Å². The van der Waals surface area contributed by atoms with Gasteiger partial charge < -0.3 is 0 Å². The number of nitrogens with zero attached hydrogens (tertiary/aromatic N) is 1. The summed E-state index contributed by atoms with van der Waals surface area (Å²) in [5.41, 5.74) is 3.12. The summed E-state index contributed by atoms with van der Waals surface area (Å²) in [6, 6.07) is 8.75. The van der Waals surface area contributed by atoms with Gasteiger partial charge in [0, 0.05) is 33.4 Å². The first kappa shape index (κ1) is 14.0. The lowest BCUT2D eigenvalue weighted by Gasteiger charge is -2.06. The quantitative estimate of drug-likeness (QED) is 0.784. The zero-order chi connectivity index (χ0) is 14.0. The molecule has 0 saturated carbocycles. The molecule has 0 N–H and O–H groups in total. The number of hydrogen-bond donors (Lipinski definition) is 0. The van der Waals surface area contributed by atoms with Crippen LogP contribution in [0.5, 0.6) is 0 Å². The highest BCUT2D eigenvalue weighted by Gasteiger charge is 2.11. The van der Waals surface area contributed by atoms with E-state index < -0.39 is 0 Å². The van der Waals surface area contributed by atoms with Crippen LogP contribution in [0.3, 0.4) is 0 Å². The largest absolute Gasteiger partial charge is 0.294 e. The Hall–Kier alpha value is -1.38. The van der Waals surface area contributed by atoms with Crippen LogP contribution in [0, 0.1) is 13.8 Å². The molecular formula is C15H13Cl2NO. The minimum absolute atomic E-state index is 0.0258. The first-order chi connectivity index (χ1) is 8.95. The summed E-state index contributed by atoms with van der Waals surface area (Å²) in [5, 5.41) is 1.08. The number of aryl methyl sites for hydroxylation is 2. The number of rotatable bonds is 3. The fourth-order valence-corrected chi connectivity index (χ4v) is 2.41. The van der Waals surface area contributed by atoms with Crippen LogP contribution in [-0.2, 0) is 6.42 Å². The number of carbonyl (C=O) groups excluding carboxylic acids is 1. The number of halogens is 2. The Morgan fingerprint density at radius 1 is 1.11 bits per heavy atom. The van der Waals surface area contributed by atoms with Gasteiger partial charge in [-0.3, -0.25) is 9.78 Å². The lowest BCUT2D eigenvalue weighted by molar-refractivity contribution is 0.0992. The predicted molar refractivity (Wildman–Crippen MR) is 78.2 cm³/mol. The Morgan fingerprint density at radius 2 is 1.74 bits per heavy atom. The van der Waals surface area contributed by atoms with Crippen LogP contribution in [0.15, 0.2) is 30.3 Å². The molecule has 19 heavy (non-hydrogen) atoms. The SMILES string of the molecule is Cc1cc(C(=O)Cc2ccc(Cl)cc2Cl)cc(C)n1. The Bertz CT molecular complexity index is 618. The van der Waals surface area contributed by atoms with Gasteiger partial charge in [0.15, 0.2) is 5.78 Å². The van der Waals surface area contributed by atoms with E-state index in [1.807, 2.05) is 13.8 Å². The minimum atomic E-state index is 0.0258. The summed E-state index contributed by atoms with van der Waals surface area (Å²) in [6.45, 7) is 3.75. The van der Waals surface area contributed by atoms with E-state index in [0.717, 1.165) is 17.0 Å². The molecule has 0 aliphatic carbocycles. The van der Waals surface area contributed by atoms with Crippen LogP contribution in [0.4, 0.5) is 0 Å². The van der Waals surface area contributed by atoms with Crippen LogP contribution >= 0.6 is 23.2 Å². The maximum absolute atomic E-state index is 12.2. The fourth-order valence-electron chi connectivity index (χ4n) is 1.94. The first-order valence-electron chi connectivity index (χ1n) is 5.88. The summed E-state index contributed by atoms with van der Waals surface area (Å²) >= 11 is 11.9. The van der Waals surface area contributed by atoms with E-state index in [1.54, 1.807) is 30.3 Å². The fraction of sp³-hybridized carbons (Fsp3) is 0.200. The number of pyridine rings is 1. The van der Waals surface area contributed by atoms with Gasteiger partial charge in [-0.2, -0.15) is 0 Å². The number of Topliss-reactive ketones (excluding diaryl/α,β-unsaturated/α-hetero) is 1. The number of ketones is 1. The Morgan fingerprint density at radius 3 is 2.32 bits per heavy atom. The van der Waals surface area contributed by atoms with Crippen molar-refractivity contribution >= 4 is 29.0 Å². The third-order valence-corrected chi connectivity index (χ3v) is 3.36. The zero-order valence-electron chi connectivity index (χ0n) is 10.7. The average molecular weight is 294 g/mol. The summed E-state index contributed by atoms with van der Waals surface area (Å²) in [6.07, 6.45) is 0.263. The van der Waals surface area contributed by atoms with Gasteiger partial charge in [0.05, 0.1) is 0 Å². The van der Waals surface area contributed by atoms with Crippen LogP contribution < -0.4 is 0 Å². The molecule has 2 aromatic rings. The number of aromatic nitrogens is 1. The van der Waals surface area contributed by atoms with Crippen molar-refractivity contribution in [1.82, 2.24) is 4.98 Å². The maximum Gasteiger partial charge on any atom is 0.167 e. The van der Waals surface area contributed by atoms with Gasteiger partial charge in [0.2, 0.25) is 0 Å². The Balaban J connectivity index is 2.25. The summed E-state index contributed by atoms with van der Waals surface area (Å²) in [4.78, 5) is 16.5. The lowest BCUT2D eigenvalue weighted by Crippen LogP contribution is -2.05. The van der Waals surface area contributed by atoms with E-state index in [9.17, 15) is 4.79 Å². The molecule has 0 aliphatic rings. The van der Waals surface area contributed by atoms with Gasteiger partial charge in [-0.15, -0.1) is 0 Å². The molecule has 4 heteroatoms. The number of hydrogen-bond acceptors (Lipinski definition) is 2. The van der Waals surface area contributed by atoms with Gasteiger partial charge >= 0.3 is 0 Å². The lowest BCUT2D eigenvalue weighted by atomic mass is 10.0. The highest BCUT2D eigenvalue weighted by Crippen LogP contribution is 2.22. The molecule has 0 amide bonds. The molecule has 1 aromatic carbocycles. The molecule has 0 aliphatic heterocycles. The molecular weight excluding hydrogens is 281 g/mol. The smallest absolute Gasteiger partial charge is 0.167 e. The van der Waals surface area contributed by atoms with Crippen LogP contribution in [-0.4, -0.2) is 10.8 Å². The second kappa shape index (κ2) is 5.72. The molecule has 0 unspecified atom stereocenters. The second-order valence-electron chi connectivity index (χ2n) is 4.47. The van der Waals surface area contributed by atoms with E-state index in [0.29, 0.717) is 15.6 Å². The summed E-state index contributed by atoms with van der Waals surface area (Å²) in [5.74, 6) is 0.0258. The molecule has 1 heterocycles. The van der Waals surface area contributed by atoms with Crippen molar-refractivity contribution in [3.63, 3.8) is 0 Å². The first-order valence-corrected chi connectivity index (χ1v) is 6.64. The average Bonchev–Trinajstić information content (AvgIpc) is 2.31. The van der Waals surface area contributed by atoms with Crippen LogP contribution in [0.25, 0.3) is 0 Å². The number of benzene rings is 1.